The molecule has 390 valence electrons. The first-order chi connectivity index (χ1) is 36.3. The molecule has 4 aromatic heterocycles. The summed E-state index contributed by atoms with van der Waals surface area (Å²) < 4.78 is 0. The van der Waals surface area contributed by atoms with Gasteiger partial charge in [0.1, 0.15) is 34.7 Å². The Kier molecular flexibility index (Phi) is 16.6. The van der Waals surface area contributed by atoms with Crippen LogP contribution in [0.3, 0.4) is 0 Å². The summed E-state index contributed by atoms with van der Waals surface area (Å²) in [6.45, 7) is 4.09. The van der Waals surface area contributed by atoms with Crippen LogP contribution in [0.2, 0.25) is 0 Å². The van der Waals surface area contributed by atoms with E-state index in [-0.39, 0.29) is 23.2 Å². The molecule has 2 aliphatic heterocycles. The monoisotopic (exact) mass is 1010 g/mol. The van der Waals surface area contributed by atoms with Gasteiger partial charge in [0.05, 0.1) is 13.1 Å². The van der Waals surface area contributed by atoms with Gasteiger partial charge in [0.2, 0.25) is 11.8 Å². The molecule has 6 aliphatic rings. The van der Waals surface area contributed by atoms with Crippen LogP contribution in [0.5, 0.6) is 0 Å². The normalized spacial score (nSPS) is 17.6. The Morgan fingerprint density at radius 2 is 1.08 bits per heavy atom. The van der Waals surface area contributed by atoms with E-state index in [1.165, 1.54) is 61.2 Å². The number of nitrogens with zero attached hydrogens (tertiary/aromatic N) is 10. The van der Waals surface area contributed by atoms with E-state index in [2.05, 4.69) is 54.3 Å². The molecule has 18 nitrogen and oxygen atoms in total. The number of hydrogen-bond donors (Lipinski definition) is 2. The lowest BCUT2D eigenvalue weighted by Crippen LogP contribution is -2.48. The number of likely N-dealkylation sites (N-methyl/N-ethyl adjacent to an activating group) is 2. The van der Waals surface area contributed by atoms with Gasteiger partial charge in [-0.3, -0.25) is 49.4 Å². The average Bonchev–Trinajstić information content (AvgIpc) is 4.17. The second-order valence-corrected chi connectivity index (χ2v) is 20.9. The van der Waals surface area contributed by atoms with Gasteiger partial charge in [-0.15, -0.1) is 0 Å². The van der Waals surface area contributed by atoms with Gasteiger partial charge in [0.15, 0.2) is 12.6 Å². The summed E-state index contributed by atoms with van der Waals surface area (Å²) in [4.78, 5) is 102. The molecule has 6 amide bonds. The van der Waals surface area contributed by atoms with Gasteiger partial charge < -0.3 is 9.80 Å². The van der Waals surface area contributed by atoms with Crippen molar-refractivity contribution < 1.29 is 28.8 Å². The third-order valence-electron chi connectivity index (χ3n) is 14.4. The van der Waals surface area contributed by atoms with Crippen LogP contribution < -0.4 is 20.4 Å². The van der Waals surface area contributed by atoms with E-state index >= 15 is 0 Å². The van der Waals surface area contributed by atoms with E-state index in [1.54, 1.807) is 60.6 Å². The molecule has 0 unspecified atom stereocenters. The van der Waals surface area contributed by atoms with Crippen molar-refractivity contribution >= 4 is 59.7 Å². The van der Waals surface area contributed by atoms with Gasteiger partial charge in [-0.05, 0) is 119 Å². The lowest BCUT2D eigenvalue weighted by molar-refractivity contribution is -0.136. The maximum absolute atomic E-state index is 13.0. The highest BCUT2D eigenvalue weighted by atomic mass is 16.2. The first-order valence-electron chi connectivity index (χ1n) is 26.2. The Labute approximate surface area is 439 Å². The van der Waals surface area contributed by atoms with Crippen molar-refractivity contribution in [3.05, 3.63) is 93.6 Å². The SMILES string of the molecule is CN1CCN(Cc2ccc(N(C)C(=O)Nc3cc(CC4CC4)c(C#CC4CC4)cn3)nc2C=O)C(=O)C1.CN1CCN(Cc2ccc(N(C)C(=O)Nc3cc(CCC4CC4)c(C#CC4CC4)cn3)nc2C=O)C(=O)C1. The number of carbonyl (C=O) groups excluding carboxylic acids is 6. The molecule has 2 saturated heterocycles. The summed E-state index contributed by atoms with van der Waals surface area (Å²) in [6.07, 6.45) is 17.6. The van der Waals surface area contributed by atoms with E-state index in [0.29, 0.717) is 104 Å². The van der Waals surface area contributed by atoms with Crippen molar-refractivity contribution in [2.75, 3.05) is 87.9 Å². The van der Waals surface area contributed by atoms with Crippen LogP contribution in [-0.2, 0) is 35.5 Å². The predicted octanol–water partition coefficient (Wildman–Crippen LogP) is 6.28. The lowest BCUT2D eigenvalue weighted by Gasteiger charge is -2.32. The lowest BCUT2D eigenvalue weighted by atomic mass is 10.0. The number of nitrogens with one attached hydrogen (secondary N) is 2. The van der Waals surface area contributed by atoms with Crippen LogP contribution in [0.4, 0.5) is 32.9 Å². The highest BCUT2D eigenvalue weighted by Crippen LogP contribution is 2.36. The zero-order valence-electron chi connectivity index (χ0n) is 43.4. The molecule has 0 spiro atoms. The number of pyridine rings is 4. The second kappa shape index (κ2) is 23.8. The minimum absolute atomic E-state index is 0.0178. The zero-order valence-corrected chi connectivity index (χ0v) is 43.4. The largest absolute Gasteiger partial charge is 0.336 e. The van der Waals surface area contributed by atoms with Crippen LogP contribution in [0.15, 0.2) is 48.8 Å². The zero-order chi connectivity index (χ0) is 52.6. The molecule has 10 rings (SSSR count). The maximum atomic E-state index is 13.0. The maximum Gasteiger partial charge on any atom is 0.328 e. The second-order valence-electron chi connectivity index (χ2n) is 20.9. The Balaban J connectivity index is 0.000000184. The smallest absolute Gasteiger partial charge is 0.328 e. The molecule has 18 heteroatoms. The molecule has 6 heterocycles. The Bertz CT molecular complexity index is 2960. The molecular weight excluding hydrogens is 949 g/mol. The van der Waals surface area contributed by atoms with E-state index in [9.17, 15) is 28.8 Å². The number of rotatable bonds is 15. The number of aromatic nitrogens is 4. The third kappa shape index (κ3) is 14.6. The summed E-state index contributed by atoms with van der Waals surface area (Å²) in [5, 5.41) is 5.71. The number of hydrogen-bond acceptors (Lipinski definition) is 12. The third-order valence-corrected chi connectivity index (χ3v) is 14.4. The molecule has 6 fully saturated rings. The Morgan fingerprint density at radius 1 is 0.627 bits per heavy atom. The van der Waals surface area contributed by atoms with E-state index < -0.39 is 12.1 Å². The Morgan fingerprint density at radius 3 is 1.51 bits per heavy atom. The van der Waals surface area contributed by atoms with E-state index in [4.69, 9.17) is 0 Å². The van der Waals surface area contributed by atoms with Crippen molar-refractivity contribution in [2.24, 2.45) is 23.7 Å². The fourth-order valence-electron chi connectivity index (χ4n) is 8.77. The average molecular weight is 1020 g/mol. The summed E-state index contributed by atoms with van der Waals surface area (Å²) >= 11 is 0. The van der Waals surface area contributed by atoms with Gasteiger partial charge >= 0.3 is 12.1 Å². The molecule has 4 saturated carbocycles. The summed E-state index contributed by atoms with van der Waals surface area (Å²) in [7, 11) is 7.01. The van der Waals surface area contributed by atoms with Crippen LogP contribution >= 0.6 is 0 Å². The van der Waals surface area contributed by atoms with Gasteiger partial charge in [0.25, 0.3) is 0 Å². The minimum atomic E-state index is -0.409. The van der Waals surface area contributed by atoms with Crippen molar-refractivity contribution in [1.29, 1.82) is 0 Å². The fourth-order valence-corrected chi connectivity index (χ4v) is 8.77. The first kappa shape index (κ1) is 52.3. The van der Waals surface area contributed by atoms with E-state index in [1.807, 2.05) is 36.0 Å². The number of anilines is 4. The van der Waals surface area contributed by atoms with Crippen molar-refractivity contribution in [3.63, 3.8) is 0 Å². The number of urea groups is 2. The van der Waals surface area contributed by atoms with Gasteiger partial charge in [-0.2, -0.15) is 0 Å². The predicted molar refractivity (Wildman–Crippen MR) is 285 cm³/mol. The summed E-state index contributed by atoms with van der Waals surface area (Å²) in [5.74, 6) is 17.3. The van der Waals surface area contributed by atoms with Crippen molar-refractivity contribution in [1.82, 2.24) is 39.5 Å². The summed E-state index contributed by atoms with van der Waals surface area (Å²) in [5.41, 5.74) is 5.85. The molecule has 0 bridgehead atoms. The molecular formula is C57H66N12O6. The first-order valence-corrected chi connectivity index (χ1v) is 26.2. The van der Waals surface area contributed by atoms with Crippen LogP contribution in [-0.4, -0.2) is 143 Å². The van der Waals surface area contributed by atoms with Crippen molar-refractivity contribution in [2.45, 2.75) is 83.7 Å². The minimum Gasteiger partial charge on any atom is -0.336 e. The van der Waals surface area contributed by atoms with Gasteiger partial charge in [-0.25, -0.2) is 29.5 Å². The molecule has 0 aromatic carbocycles. The van der Waals surface area contributed by atoms with Crippen LogP contribution in [0.25, 0.3) is 0 Å². The number of aldehydes is 2. The highest BCUT2D eigenvalue weighted by Gasteiger charge is 2.28. The molecule has 4 aliphatic carbocycles. The van der Waals surface area contributed by atoms with Gasteiger partial charge in [0, 0.05) is 99.8 Å². The number of amides is 6. The topological polar surface area (TPSA) is 197 Å². The number of carbonyl (C=O) groups is 6. The standard InChI is InChI=1S/C29H34N6O3.C28H32N6O3/c1-33-13-14-35(28(37)18-33)17-24-11-12-27(31-25(24)19-36)34(2)29(38)32-26-15-22(9-7-20-3-4-20)23(16-30-26)10-8-21-5-6-21;1-32-11-12-34(27(36)17-32)16-22-9-10-26(30-24(22)18-35)33(2)28(37)31-25-14-23(13-20-5-6-20)21(15-29-25)8-7-19-3-4-19/h11-12,15-16,19-21H,3-7,9,13-14,17-18H2,1-2H3,(H,30,32,38);9-10,14-15,18-20H,3-6,11-13,16-17H2,1-2H3,(H,29,31,37). The quantitative estimate of drug-likeness (QED) is 0.100. The number of aryl methyl sites for hydroxylation is 1. The molecule has 75 heavy (non-hydrogen) atoms. The fraction of sp³-hybridized carbons (Fsp3) is 0.474. The number of piperazine rings is 2. The molecule has 0 radical (unpaired) electrons. The molecule has 0 atom stereocenters. The highest BCUT2D eigenvalue weighted by molar-refractivity contribution is 6.01. The summed E-state index contributed by atoms with van der Waals surface area (Å²) in [6, 6.07) is 9.90. The van der Waals surface area contributed by atoms with Crippen molar-refractivity contribution in [3.8, 4) is 23.7 Å². The van der Waals surface area contributed by atoms with Gasteiger partial charge in [-0.1, -0.05) is 48.7 Å². The molecule has 2 N–H and O–H groups in total. The van der Waals surface area contributed by atoms with Crippen LogP contribution in [0, 0.1) is 47.4 Å². The molecule has 4 aromatic rings. The van der Waals surface area contributed by atoms with E-state index in [0.717, 1.165) is 60.5 Å². The van der Waals surface area contributed by atoms with Crippen LogP contribution in [0.1, 0.15) is 112 Å². The Hall–Kier alpha value is -7.54.